The second kappa shape index (κ2) is 4.11. The van der Waals surface area contributed by atoms with E-state index in [1.807, 2.05) is 6.07 Å². The van der Waals surface area contributed by atoms with Gasteiger partial charge in [0.05, 0.1) is 6.10 Å². The Hall–Kier alpha value is -0.860. The van der Waals surface area contributed by atoms with Crippen LogP contribution < -0.4 is 0 Å². The third-order valence-corrected chi connectivity index (χ3v) is 2.91. The average molecular weight is 191 g/mol. The second-order valence-corrected chi connectivity index (χ2v) is 4.15. The van der Waals surface area contributed by atoms with Crippen LogP contribution in [0.3, 0.4) is 0 Å². The van der Waals surface area contributed by atoms with Crippen molar-refractivity contribution in [3.8, 4) is 0 Å². The van der Waals surface area contributed by atoms with E-state index in [1.54, 1.807) is 0 Å². The molecule has 14 heavy (non-hydrogen) atoms. The molecule has 1 heterocycles. The average Bonchev–Trinajstić information content (AvgIpc) is 2.47. The predicted octanol–water partition coefficient (Wildman–Crippen LogP) is 1.64. The summed E-state index contributed by atoms with van der Waals surface area (Å²) in [5, 5.41) is 9.51. The molecule has 1 aliphatic rings. The number of rotatable bonds is 2. The van der Waals surface area contributed by atoms with Gasteiger partial charge in [-0.1, -0.05) is 30.3 Å². The monoisotopic (exact) mass is 191 g/mol. The van der Waals surface area contributed by atoms with Crippen molar-refractivity contribution in [2.45, 2.75) is 32.0 Å². The van der Waals surface area contributed by atoms with Gasteiger partial charge in [-0.05, 0) is 18.9 Å². The highest BCUT2D eigenvalue weighted by Gasteiger charge is 2.26. The Morgan fingerprint density at radius 2 is 2.07 bits per heavy atom. The van der Waals surface area contributed by atoms with E-state index in [4.69, 9.17) is 0 Å². The van der Waals surface area contributed by atoms with E-state index in [-0.39, 0.29) is 6.10 Å². The molecule has 0 saturated carbocycles. The molecule has 0 amide bonds. The number of nitrogens with zero attached hydrogens (tertiary/aromatic N) is 1. The Morgan fingerprint density at radius 3 is 2.64 bits per heavy atom. The molecule has 2 atom stereocenters. The lowest BCUT2D eigenvalue weighted by Crippen LogP contribution is -2.26. The van der Waals surface area contributed by atoms with Gasteiger partial charge in [0.25, 0.3) is 0 Å². The molecule has 0 spiro atoms. The zero-order valence-electron chi connectivity index (χ0n) is 8.56. The smallest absolute Gasteiger partial charge is 0.0682 e. The summed E-state index contributed by atoms with van der Waals surface area (Å²) in [5.41, 5.74) is 1.33. The van der Waals surface area contributed by atoms with Gasteiger partial charge in [0.1, 0.15) is 0 Å². The van der Waals surface area contributed by atoms with Crippen LogP contribution in [0.25, 0.3) is 0 Å². The molecule has 2 rings (SSSR count). The molecule has 1 aromatic rings. The molecule has 76 valence electrons. The molecule has 2 heteroatoms. The van der Waals surface area contributed by atoms with Crippen LogP contribution >= 0.6 is 0 Å². The first kappa shape index (κ1) is 9.69. The largest absolute Gasteiger partial charge is 0.392 e. The maximum Gasteiger partial charge on any atom is 0.0682 e. The Morgan fingerprint density at radius 1 is 1.36 bits per heavy atom. The van der Waals surface area contributed by atoms with E-state index in [1.165, 1.54) is 5.56 Å². The normalized spacial score (nSPS) is 28.1. The summed E-state index contributed by atoms with van der Waals surface area (Å²) in [6, 6.07) is 10.9. The Labute approximate surface area is 85.2 Å². The summed E-state index contributed by atoms with van der Waals surface area (Å²) in [5.74, 6) is 0. The molecule has 1 saturated heterocycles. The molecule has 0 radical (unpaired) electrons. The molecule has 0 aliphatic carbocycles. The second-order valence-electron chi connectivity index (χ2n) is 4.15. The van der Waals surface area contributed by atoms with Crippen LogP contribution in [0.15, 0.2) is 30.3 Å². The molecular weight excluding hydrogens is 174 g/mol. The quantitative estimate of drug-likeness (QED) is 0.768. The van der Waals surface area contributed by atoms with Crippen LogP contribution in [0, 0.1) is 0 Å². The van der Waals surface area contributed by atoms with E-state index in [0.29, 0.717) is 6.04 Å². The highest BCUT2D eigenvalue weighted by atomic mass is 16.3. The molecule has 2 nitrogen and oxygen atoms in total. The number of aliphatic hydroxyl groups is 1. The molecule has 1 aliphatic heterocycles. The SMILES string of the molecule is CC1CC(O)CN1Cc1ccccc1. The third kappa shape index (κ3) is 2.14. The van der Waals surface area contributed by atoms with Crippen molar-refractivity contribution in [1.29, 1.82) is 0 Å². The molecule has 0 bridgehead atoms. The van der Waals surface area contributed by atoms with Gasteiger partial charge in [0.2, 0.25) is 0 Å². The van der Waals surface area contributed by atoms with Crippen LogP contribution in [0.1, 0.15) is 18.9 Å². The maximum atomic E-state index is 9.51. The van der Waals surface area contributed by atoms with Crippen molar-refractivity contribution in [1.82, 2.24) is 4.90 Å². The van der Waals surface area contributed by atoms with E-state index in [0.717, 1.165) is 19.5 Å². The Bertz CT molecular complexity index is 286. The standard InChI is InChI=1S/C12H17NO/c1-10-7-12(14)9-13(10)8-11-5-3-2-4-6-11/h2-6,10,12,14H,7-9H2,1H3. The summed E-state index contributed by atoms with van der Waals surface area (Å²) < 4.78 is 0. The Balaban J connectivity index is 1.98. The van der Waals surface area contributed by atoms with Crippen molar-refractivity contribution in [2.75, 3.05) is 6.54 Å². The van der Waals surface area contributed by atoms with Crippen molar-refractivity contribution in [2.24, 2.45) is 0 Å². The number of likely N-dealkylation sites (tertiary alicyclic amines) is 1. The van der Waals surface area contributed by atoms with E-state index < -0.39 is 0 Å². The van der Waals surface area contributed by atoms with E-state index >= 15 is 0 Å². The number of hydrogen-bond acceptors (Lipinski definition) is 2. The van der Waals surface area contributed by atoms with Crippen molar-refractivity contribution in [3.63, 3.8) is 0 Å². The van der Waals surface area contributed by atoms with Gasteiger partial charge in [0, 0.05) is 19.1 Å². The summed E-state index contributed by atoms with van der Waals surface area (Å²) in [6.07, 6.45) is 0.779. The lowest BCUT2D eigenvalue weighted by atomic mass is 10.2. The maximum absolute atomic E-state index is 9.51. The van der Waals surface area contributed by atoms with E-state index in [9.17, 15) is 5.11 Å². The minimum Gasteiger partial charge on any atom is -0.392 e. The Kier molecular flexibility index (Phi) is 2.85. The van der Waals surface area contributed by atoms with Gasteiger partial charge in [0.15, 0.2) is 0 Å². The first-order valence-corrected chi connectivity index (χ1v) is 5.22. The first-order valence-electron chi connectivity index (χ1n) is 5.22. The molecule has 2 unspecified atom stereocenters. The van der Waals surface area contributed by atoms with Crippen molar-refractivity contribution >= 4 is 0 Å². The van der Waals surface area contributed by atoms with Crippen molar-refractivity contribution < 1.29 is 5.11 Å². The first-order chi connectivity index (χ1) is 6.75. The fourth-order valence-corrected chi connectivity index (χ4v) is 2.11. The van der Waals surface area contributed by atoms with Gasteiger partial charge in [-0.25, -0.2) is 0 Å². The highest BCUT2D eigenvalue weighted by molar-refractivity contribution is 5.14. The number of β-amino-alcohol motifs (C(OH)–C–C–N with tert-alkyl or cyclic N) is 1. The summed E-state index contributed by atoms with van der Waals surface area (Å²) in [4.78, 5) is 2.33. The fraction of sp³-hybridized carbons (Fsp3) is 0.500. The van der Waals surface area contributed by atoms with Gasteiger partial charge >= 0.3 is 0 Å². The third-order valence-electron chi connectivity index (χ3n) is 2.91. The lowest BCUT2D eigenvalue weighted by Gasteiger charge is -2.20. The van der Waals surface area contributed by atoms with Gasteiger partial charge in [-0.2, -0.15) is 0 Å². The zero-order chi connectivity index (χ0) is 9.97. The zero-order valence-corrected chi connectivity index (χ0v) is 8.56. The van der Waals surface area contributed by atoms with Crippen LogP contribution in [0.2, 0.25) is 0 Å². The summed E-state index contributed by atoms with van der Waals surface area (Å²) >= 11 is 0. The highest BCUT2D eigenvalue weighted by Crippen LogP contribution is 2.19. The number of aliphatic hydroxyl groups excluding tert-OH is 1. The minimum absolute atomic E-state index is 0.131. The van der Waals surface area contributed by atoms with Crippen LogP contribution in [0.5, 0.6) is 0 Å². The molecular formula is C12H17NO. The summed E-state index contributed by atoms with van der Waals surface area (Å²) in [6.45, 7) is 3.95. The topological polar surface area (TPSA) is 23.5 Å². The van der Waals surface area contributed by atoms with E-state index in [2.05, 4.69) is 36.1 Å². The molecule has 1 aromatic carbocycles. The number of benzene rings is 1. The minimum atomic E-state index is -0.131. The molecule has 1 fully saturated rings. The number of hydrogen-bond donors (Lipinski definition) is 1. The summed E-state index contributed by atoms with van der Waals surface area (Å²) in [7, 11) is 0. The van der Waals surface area contributed by atoms with Crippen LogP contribution in [-0.4, -0.2) is 28.7 Å². The van der Waals surface area contributed by atoms with Crippen molar-refractivity contribution in [3.05, 3.63) is 35.9 Å². The van der Waals surface area contributed by atoms with Gasteiger partial charge < -0.3 is 5.11 Å². The van der Waals surface area contributed by atoms with Crippen LogP contribution in [0.4, 0.5) is 0 Å². The lowest BCUT2D eigenvalue weighted by molar-refractivity contribution is 0.173. The molecule has 0 aromatic heterocycles. The molecule has 1 N–H and O–H groups in total. The van der Waals surface area contributed by atoms with Crippen LogP contribution in [-0.2, 0) is 6.54 Å². The van der Waals surface area contributed by atoms with Gasteiger partial charge in [-0.3, -0.25) is 4.90 Å². The predicted molar refractivity (Wildman–Crippen MR) is 56.9 cm³/mol. The van der Waals surface area contributed by atoms with Gasteiger partial charge in [-0.15, -0.1) is 0 Å². The fourth-order valence-electron chi connectivity index (χ4n) is 2.11.